The standard InChI is InChI=1S/C20H22N2S.C14H27NO8/c1-3-7-19-17(5-1)22(18-6-2-4-8-20(18)23-19)14-16-13-21-11-9-15(16)10-12-21;16-8-9(17)7-10(18)12(21)13(22)14(23)15-6-4-2-1-3-5-11(19)20/h1-8,15-16H,9-14H2;9-10,12-13,16-18,21-22H,1-8H2,(H,15,23)(H,19,20)/t;9-,10+,12+,13+/m.0/s1. The number of amides is 1. The Morgan fingerprint density at radius 1 is 0.891 bits per heavy atom. The van der Waals surface area contributed by atoms with Crippen molar-refractivity contribution < 1.29 is 40.2 Å². The van der Waals surface area contributed by atoms with Gasteiger partial charge in [0.15, 0.2) is 6.10 Å². The topological polar surface area (TPSA) is 174 Å². The number of para-hydroxylation sites is 2. The number of carboxylic acids is 1. The lowest BCUT2D eigenvalue weighted by Gasteiger charge is -2.47. The van der Waals surface area contributed by atoms with Gasteiger partial charge in [0.1, 0.15) is 6.10 Å². The molecule has 2 bridgehead atoms. The normalized spacial score (nSPS) is 22.4. The van der Waals surface area contributed by atoms with Gasteiger partial charge in [-0.15, -0.1) is 0 Å². The van der Waals surface area contributed by atoms with E-state index in [-0.39, 0.29) is 19.4 Å². The Morgan fingerprint density at radius 2 is 1.50 bits per heavy atom. The average molecular weight is 660 g/mol. The number of aliphatic hydroxyl groups is 5. The number of hydrogen-bond acceptors (Lipinski definition) is 10. The van der Waals surface area contributed by atoms with Crippen LogP contribution < -0.4 is 10.2 Å². The molecule has 7 N–H and O–H groups in total. The number of carbonyl (C=O) groups excluding carboxylic acids is 1. The molecule has 0 saturated carbocycles. The van der Waals surface area contributed by atoms with Crippen molar-refractivity contribution in [1.82, 2.24) is 10.2 Å². The number of nitrogens with zero attached hydrogens (tertiary/aromatic N) is 2. The second-order valence-corrected chi connectivity index (χ2v) is 13.6. The van der Waals surface area contributed by atoms with E-state index in [0.717, 1.165) is 24.8 Å². The summed E-state index contributed by atoms with van der Waals surface area (Å²) in [6.07, 6.45) is -1.29. The number of benzene rings is 2. The monoisotopic (exact) mass is 659 g/mol. The van der Waals surface area contributed by atoms with E-state index in [1.54, 1.807) is 0 Å². The molecule has 4 heterocycles. The van der Waals surface area contributed by atoms with Crippen molar-refractivity contribution in [3.63, 3.8) is 0 Å². The minimum Gasteiger partial charge on any atom is -0.481 e. The average Bonchev–Trinajstić information content (AvgIpc) is 3.07. The Hall–Kier alpha value is -2.71. The molecule has 11 nitrogen and oxygen atoms in total. The van der Waals surface area contributed by atoms with E-state index in [1.165, 1.54) is 53.6 Å². The number of anilines is 2. The second-order valence-electron chi connectivity index (χ2n) is 12.5. The third-order valence-electron chi connectivity index (χ3n) is 9.07. The molecule has 1 amide bonds. The number of aliphatic carboxylic acids is 1. The van der Waals surface area contributed by atoms with Gasteiger partial charge in [0.2, 0.25) is 0 Å². The highest BCUT2D eigenvalue weighted by atomic mass is 32.2. The van der Waals surface area contributed by atoms with Gasteiger partial charge in [0.25, 0.3) is 5.91 Å². The summed E-state index contributed by atoms with van der Waals surface area (Å²) in [5, 5.41) is 57.4. The van der Waals surface area contributed by atoms with Crippen LogP contribution in [-0.2, 0) is 9.59 Å². The number of unbranched alkanes of at least 4 members (excludes halogenated alkanes) is 3. The number of fused-ring (bicyclic) bond motifs is 5. The summed E-state index contributed by atoms with van der Waals surface area (Å²) in [6.45, 7) is 4.75. The summed E-state index contributed by atoms with van der Waals surface area (Å²) in [4.78, 5) is 29.9. The lowest BCUT2D eigenvalue weighted by molar-refractivity contribution is -0.142. The van der Waals surface area contributed by atoms with Crippen molar-refractivity contribution >= 4 is 35.0 Å². The Labute approximate surface area is 275 Å². The number of hydrogen-bond donors (Lipinski definition) is 7. The van der Waals surface area contributed by atoms with E-state index >= 15 is 0 Å². The molecule has 0 radical (unpaired) electrons. The Kier molecular flexibility index (Phi) is 14.1. The fourth-order valence-electron chi connectivity index (χ4n) is 6.44. The van der Waals surface area contributed by atoms with Crippen LogP contribution in [0, 0.1) is 11.8 Å². The lowest BCUT2D eigenvalue weighted by Crippen LogP contribution is -2.50. The minimum atomic E-state index is -1.84. The number of aliphatic hydroxyl groups excluding tert-OH is 5. The molecule has 4 aliphatic rings. The molecule has 5 atom stereocenters. The van der Waals surface area contributed by atoms with Gasteiger partial charge in [-0.2, -0.15) is 0 Å². The first-order chi connectivity index (χ1) is 22.2. The van der Waals surface area contributed by atoms with Crippen molar-refractivity contribution in [3.8, 4) is 0 Å². The Morgan fingerprint density at radius 3 is 2.07 bits per heavy atom. The fourth-order valence-corrected chi connectivity index (χ4v) is 7.53. The van der Waals surface area contributed by atoms with Crippen molar-refractivity contribution in [2.45, 2.75) is 85.6 Å². The summed E-state index contributed by atoms with van der Waals surface area (Å²) in [7, 11) is 0. The summed E-state index contributed by atoms with van der Waals surface area (Å²) in [5.74, 6) is 0.0384. The van der Waals surface area contributed by atoms with Crippen molar-refractivity contribution in [1.29, 1.82) is 0 Å². The second kappa shape index (κ2) is 18.0. The zero-order valence-corrected chi connectivity index (χ0v) is 27.1. The van der Waals surface area contributed by atoms with E-state index < -0.39 is 42.9 Å². The van der Waals surface area contributed by atoms with Gasteiger partial charge in [-0.05, 0) is 74.9 Å². The highest BCUT2D eigenvalue weighted by molar-refractivity contribution is 7.99. The molecular weight excluding hydrogens is 610 g/mol. The maximum atomic E-state index is 11.6. The summed E-state index contributed by atoms with van der Waals surface area (Å²) >= 11 is 1.91. The third kappa shape index (κ3) is 10.1. The fraction of sp³-hybridized carbons (Fsp3) is 0.588. The molecule has 254 valence electrons. The van der Waals surface area contributed by atoms with E-state index in [2.05, 4.69) is 63.6 Å². The van der Waals surface area contributed by atoms with Crippen LogP contribution >= 0.6 is 11.8 Å². The van der Waals surface area contributed by atoms with Crippen LogP contribution in [0.5, 0.6) is 0 Å². The highest BCUT2D eigenvalue weighted by Crippen LogP contribution is 2.49. The van der Waals surface area contributed by atoms with Gasteiger partial charge in [0.05, 0.1) is 30.2 Å². The first-order valence-corrected chi connectivity index (χ1v) is 17.2. The van der Waals surface area contributed by atoms with E-state index in [1.807, 2.05) is 11.8 Å². The maximum absolute atomic E-state index is 11.6. The molecule has 3 saturated heterocycles. The molecule has 46 heavy (non-hydrogen) atoms. The van der Waals surface area contributed by atoms with Crippen LogP contribution in [0.4, 0.5) is 11.4 Å². The molecule has 0 spiro atoms. The zero-order valence-electron chi connectivity index (χ0n) is 26.3. The molecule has 2 aromatic rings. The van der Waals surface area contributed by atoms with E-state index in [4.69, 9.17) is 15.3 Å². The highest BCUT2D eigenvalue weighted by Gasteiger charge is 2.36. The number of carbonyl (C=O) groups is 2. The molecule has 6 rings (SSSR count). The van der Waals surface area contributed by atoms with Crippen molar-refractivity contribution in [2.75, 3.05) is 44.2 Å². The van der Waals surface area contributed by atoms with Crippen LogP contribution in [0.15, 0.2) is 58.3 Å². The van der Waals surface area contributed by atoms with Crippen LogP contribution in [-0.4, -0.2) is 111 Å². The lowest BCUT2D eigenvalue weighted by atomic mass is 9.78. The predicted octanol–water partition coefficient (Wildman–Crippen LogP) is 2.59. The van der Waals surface area contributed by atoms with Crippen LogP contribution in [0.2, 0.25) is 0 Å². The molecule has 3 fully saturated rings. The number of nitrogens with one attached hydrogen (secondary N) is 1. The van der Waals surface area contributed by atoms with Crippen LogP contribution in [0.1, 0.15) is 51.4 Å². The molecule has 0 aromatic heterocycles. The molecular formula is C34H49N3O8S. The van der Waals surface area contributed by atoms with Gasteiger partial charge in [-0.3, -0.25) is 9.59 Å². The van der Waals surface area contributed by atoms with Gasteiger partial charge < -0.3 is 45.8 Å². The summed E-state index contributed by atoms with van der Waals surface area (Å²) in [5.41, 5.74) is 2.79. The quantitative estimate of drug-likeness (QED) is 0.140. The maximum Gasteiger partial charge on any atom is 0.303 e. The molecule has 1 unspecified atom stereocenters. The van der Waals surface area contributed by atoms with E-state index in [9.17, 15) is 24.9 Å². The van der Waals surface area contributed by atoms with Gasteiger partial charge in [-0.25, -0.2) is 0 Å². The number of piperidine rings is 3. The molecule has 12 heteroatoms. The van der Waals surface area contributed by atoms with Crippen molar-refractivity contribution in [3.05, 3.63) is 48.5 Å². The molecule has 4 aliphatic heterocycles. The van der Waals surface area contributed by atoms with Gasteiger partial charge in [-0.1, -0.05) is 48.9 Å². The summed E-state index contributed by atoms with van der Waals surface area (Å²) in [6, 6.07) is 17.8. The van der Waals surface area contributed by atoms with Crippen molar-refractivity contribution in [2.24, 2.45) is 11.8 Å². The van der Waals surface area contributed by atoms with Crippen LogP contribution in [0.25, 0.3) is 0 Å². The van der Waals surface area contributed by atoms with Gasteiger partial charge in [0, 0.05) is 42.3 Å². The van der Waals surface area contributed by atoms with E-state index in [0.29, 0.717) is 19.3 Å². The molecule has 2 aromatic carbocycles. The van der Waals surface area contributed by atoms with Crippen LogP contribution in [0.3, 0.4) is 0 Å². The smallest absolute Gasteiger partial charge is 0.303 e. The third-order valence-corrected chi connectivity index (χ3v) is 10.2. The SMILES string of the molecule is O=C(O)CCCCCCNC(=O)[C@H](O)[C@H](O)[C@H](O)C[C@H](O)CO.c1ccc2c(c1)Sc1ccccc1N2CC1CN2CCC1CC2. The summed E-state index contributed by atoms with van der Waals surface area (Å²) < 4.78 is 0. The van der Waals surface area contributed by atoms with Gasteiger partial charge >= 0.3 is 5.97 Å². The Bertz CT molecular complexity index is 1210. The first-order valence-electron chi connectivity index (χ1n) is 16.4. The predicted molar refractivity (Wildman–Crippen MR) is 176 cm³/mol. The minimum absolute atomic E-state index is 0.106. The number of rotatable bonds is 15. The Balaban J connectivity index is 0.000000209. The molecule has 0 aliphatic carbocycles. The largest absolute Gasteiger partial charge is 0.481 e. The zero-order chi connectivity index (χ0) is 33.1. The first kappa shape index (κ1) is 36.1. The number of carboxylic acid groups (broad SMARTS) is 1.